The summed E-state index contributed by atoms with van der Waals surface area (Å²) in [6.07, 6.45) is 2.10. The molecule has 1 saturated heterocycles. The lowest BCUT2D eigenvalue weighted by molar-refractivity contribution is -0.0505. The molecule has 0 aromatic heterocycles. The minimum absolute atomic E-state index is 0.218. The van der Waals surface area contributed by atoms with Crippen LogP contribution in [-0.4, -0.2) is 25.4 Å². The van der Waals surface area contributed by atoms with E-state index >= 15 is 0 Å². The molecule has 1 fully saturated rings. The molecule has 0 radical (unpaired) electrons. The second-order valence-electron chi connectivity index (χ2n) is 4.91. The highest BCUT2D eigenvalue weighted by Crippen LogP contribution is 2.25. The average Bonchev–Trinajstić information content (AvgIpc) is 2.39. The summed E-state index contributed by atoms with van der Waals surface area (Å²) in [6, 6.07) is 5.39. The summed E-state index contributed by atoms with van der Waals surface area (Å²) in [5.74, 6) is 0.218. The number of rotatable bonds is 5. The Morgan fingerprint density at radius 2 is 2.30 bits per heavy atom. The lowest BCUT2D eigenvalue weighted by Gasteiger charge is -2.28. The molecule has 1 aliphatic rings. The number of halogens is 3. The molecule has 6 heteroatoms. The third kappa shape index (κ3) is 4.68. The molecule has 0 aliphatic carbocycles. The predicted molar refractivity (Wildman–Crippen MR) is 76.0 cm³/mol. The maximum absolute atomic E-state index is 12.4. The summed E-state index contributed by atoms with van der Waals surface area (Å²) in [7, 11) is 0. The first-order valence-electron chi connectivity index (χ1n) is 6.63. The van der Waals surface area contributed by atoms with Crippen molar-refractivity contribution >= 4 is 15.9 Å². The molecule has 2 unspecified atom stereocenters. The zero-order valence-electron chi connectivity index (χ0n) is 11.2. The zero-order chi connectivity index (χ0) is 14.5. The van der Waals surface area contributed by atoms with Gasteiger partial charge in [-0.25, -0.2) is 0 Å². The van der Waals surface area contributed by atoms with Crippen molar-refractivity contribution in [1.29, 1.82) is 0 Å². The van der Waals surface area contributed by atoms with Crippen molar-refractivity contribution in [3.63, 3.8) is 0 Å². The fourth-order valence-electron chi connectivity index (χ4n) is 2.33. The Kier molecular flexibility index (Phi) is 5.74. The number of nitrogens with one attached hydrogen (secondary N) is 1. The molecule has 3 nitrogen and oxygen atoms in total. The van der Waals surface area contributed by atoms with Gasteiger partial charge in [-0.1, -0.05) is 15.9 Å². The van der Waals surface area contributed by atoms with E-state index < -0.39 is 6.61 Å². The Hall–Kier alpha value is -0.720. The van der Waals surface area contributed by atoms with E-state index in [1.165, 1.54) is 0 Å². The topological polar surface area (TPSA) is 30.5 Å². The van der Waals surface area contributed by atoms with Crippen molar-refractivity contribution in [3.8, 4) is 5.75 Å². The number of alkyl halides is 2. The van der Waals surface area contributed by atoms with E-state index in [4.69, 9.17) is 4.74 Å². The van der Waals surface area contributed by atoms with E-state index in [0.717, 1.165) is 29.5 Å². The Bertz CT molecular complexity index is 445. The van der Waals surface area contributed by atoms with Crippen LogP contribution in [0.4, 0.5) is 8.78 Å². The minimum atomic E-state index is -2.81. The Balaban J connectivity index is 1.98. The molecule has 112 valence electrons. The first kappa shape index (κ1) is 15.7. The highest BCUT2D eigenvalue weighted by molar-refractivity contribution is 9.10. The number of hydrogen-bond acceptors (Lipinski definition) is 3. The first-order valence-corrected chi connectivity index (χ1v) is 7.42. The molecule has 2 atom stereocenters. The van der Waals surface area contributed by atoms with Gasteiger partial charge in [0.1, 0.15) is 5.75 Å². The van der Waals surface area contributed by atoms with Gasteiger partial charge in [-0.3, -0.25) is 0 Å². The van der Waals surface area contributed by atoms with Crippen LogP contribution >= 0.6 is 15.9 Å². The molecule has 1 aromatic rings. The predicted octanol–water partition coefficient (Wildman–Crippen LogP) is 3.71. The fraction of sp³-hybridized carbons (Fsp3) is 0.571. The van der Waals surface area contributed by atoms with Crippen molar-refractivity contribution in [2.45, 2.75) is 45.1 Å². The van der Waals surface area contributed by atoms with Crippen molar-refractivity contribution in [2.75, 3.05) is 6.61 Å². The smallest absolute Gasteiger partial charge is 0.387 e. The second-order valence-corrected chi connectivity index (χ2v) is 5.83. The highest BCUT2D eigenvalue weighted by atomic mass is 79.9. The third-order valence-corrected chi connectivity index (χ3v) is 3.80. The van der Waals surface area contributed by atoms with Gasteiger partial charge in [0.25, 0.3) is 0 Å². The third-order valence-electron chi connectivity index (χ3n) is 3.30. The zero-order valence-corrected chi connectivity index (χ0v) is 12.8. The fourth-order valence-corrected chi connectivity index (χ4v) is 2.74. The minimum Gasteiger partial charge on any atom is -0.434 e. The highest BCUT2D eigenvalue weighted by Gasteiger charge is 2.19. The monoisotopic (exact) mass is 349 g/mol. The van der Waals surface area contributed by atoms with Crippen LogP contribution < -0.4 is 10.1 Å². The van der Waals surface area contributed by atoms with Gasteiger partial charge in [-0.05, 0) is 38.0 Å². The number of benzene rings is 1. The van der Waals surface area contributed by atoms with E-state index in [-0.39, 0.29) is 11.9 Å². The van der Waals surface area contributed by atoms with Crippen LogP contribution in [0.25, 0.3) is 0 Å². The summed E-state index contributed by atoms with van der Waals surface area (Å²) >= 11 is 3.35. The molecule has 2 rings (SSSR count). The summed E-state index contributed by atoms with van der Waals surface area (Å²) in [5, 5.41) is 3.38. The molecule has 20 heavy (non-hydrogen) atoms. The van der Waals surface area contributed by atoms with Crippen LogP contribution in [0.5, 0.6) is 5.75 Å². The molecule has 1 aromatic carbocycles. The van der Waals surface area contributed by atoms with Crippen LogP contribution in [0.15, 0.2) is 22.7 Å². The van der Waals surface area contributed by atoms with Gasteiger partial charge in [0.05, 0.1) is 6.10 Å². The van der Waals surface area contributed by atoms with E-state index in [0.29, 0.717) is 12.6 Å². The second kappa shape index (κ2) is 7.33. The molecule has 0 bridgehead atoms. The Labute approximate surface area is 125 Å². The largest absolute Gasteiger partial charge is 0.434 e. The van der Waals surface area contributed by atoms with Crippen molar-refractivity contribution in [2.24, 2.45) is 0 Å². The van der Waals surface area contributed by atoms with E-state index in [1.54, 1.807) is 18.2 Å². The van der Waals surface area contributed by atoms with Gasteiger partial charge >= 0.3 is 6.61 Å². The SMILES string of the molecule is CC1CC(NCc2cc(Br)ccc2OC(F)F)CCO1. The standard InChI is InChI=1S/C14H18BrF2NO2/c1-9-6-12(4-5-19-9)18-8-10-7-11(15)2-3-13(10)20-14(16)17/h2-3,7,9,12,14,18H,4-6,8H2,1H3. The van der Waals surface area contributed by atoms with Crippen LogP contribution in [-0.2, 0) is 11.3 Å². The van der Waals surface area contributed by atoms with Gasteiger partial charge in [0, 0.05) is 29.2 Å². The molecule has 1 N–H and O–H groups in total. The molecular weight excluding hydrogens is 332 g/mol. The number of hydrogen-bond donors (Lipinski definition) is 1. The Morgan fingerprint density at radius 1 is 1.50 bits per heavy atom. The lowest BCUT2D eigenvalue weighted by atomic mass is 10.0. The maximum Gasteiger partial charge on any atom is 0.387 e. The molecule has 0 saturated carbocycles. The van der Waals surface area contributed by atoms with Crippen molar-refractivity contribution in [3.05, 3.63) is 28.2 Å². The normalized spacial score (nSPS) is 23.1. The summed E-state index contributed by atoms with van der Waals surface area (Å²) < 4.78 is 35.6. The summed E-state index contributed by atoms with van der Waals surface area (Å²) in [4.78, 5) is 0. The van der Waals surface area contributed by atoms with Crippen LogP contribution in [0, 0.1) is 0 Å². The van der Waals surface area contributed by atoms with Crippen LogP contribution in [0.1, 0.15) is 25.3 Å². The van der Waals surface area contributed by atoms with Gasteiger partial charge in [0.15, 0.2) is 0 Å². The Morgan fingerprint density at radius 3 is 3.00 bits per heavy atom. The average molecular weight is 350 g/mol. The van der Waals surface area contributed by atoms with Crippen LogP contribution in [0.2, 0.25) is 0 Å². The summed E-state index contributed by atoms with van der Waals surface area (Å²) in [5.41, 5.74) is 0.721. The maximum atomic E-state index is 12.4. The molecule has 0 spiro atoms. The molecular formula is C14H18BrF2NO2. The summed E-state index contributed by atoms with van der Waals surface area (Å²) in [6.45, 7) is 0.465. The van der Waals surface area contributed by atoms with Gasteiger partial charge < -0.3 is 14.8 Å². The van der Waals surface area contributed by atoms with E-state index in [9.17, 15) is 8.78 Å². The van der Waals surface area contributed by atoms with Gasteiger partial charge in [0.2, 0.25) is 0 Å². The molecule has 0 amide bonds. The quantitative estimate of drug-likeness (QED) is 0.878. The van der Waals surface area contributed by atoms with Crippen molar-refractivity contribution < 1.29 is 18.3 Å². The molecule has 1 heterocycles. The number of ether oxygens (including phenoxy) is 2. The van der Waals surface area contributed by atoms with E-state index in [2.05, 4.69) is 26.0 Å². The van der Waals surface area contributed by atoms with Gasteiger partial charge in [-0.15, -0.1) is 0 Å². The van der Waals surface area contributed by atoms with Crippen LogP contribution in [0.3, 0.4) is 0 Å². The first-order chi connectivity index (χ1) is 9.54. The van der Waals surface area contributed by atoms with E-state index in [1.807, 2.05) is 6.92 Å². The van der Waals surface area contributed by atoms with Crippen molar-refractivity contribution in [1.82, 2.24) is 5.32 Å². The van der Waals surface area contributed by atoms with Gasteiger partial charge in [-0.2, -0.15) is 8.78 Å². The lowest BCUT2D eigenvalue weighted by Crippen LogP contribution is -2.37. The molecule has 1 aliphatic heterocycles.